The van der Waals surface area contributed by atoms with Crippen LogP contribution in [0, 0.1) is 0 Å². The average Bonchev–Trinajstić information content (AvgIpc) is 2.69. The maximum atomic E-state index is 12.6. The van der Waals surface area contributed by atoms with Gasteiger partial charge < -0.3 is 10.1 Å². The van der Waals surface area contributed by atoms with Crippen molar-refractivity contribution in [2.75, 3.05) is 5.01 Å². The number of halogens is 2. The average molecular weight is 387 g/mol. The third kappa shape index (κ3) is 4.70. The molecule has 1 heterocycles. The van der Waals surface area contributed by atoms with Crippen LogP contribution in [0.3, 0.4) is 0 Å². The molecule has 0 spiro atoms. The number of hydrogen-bond donors (Lipinski definition) is 1. The van der Waals surface area contributed by atoms with E-state index in [2.05, 4.69) is 15.2 Å². The van der Waals surface area contributed by atoms with Gasteiger partial charge in [-0.3, -0.25) is 9.59 Å². The first-order valence-corrected chi connectivity index (χ1v) is 8.75. The predicted molar refractivity (Wildman–Crippen MR) is 100 cm³/mol. The van der Waals surface area contributed by atoms with Gasteiger partial charge >= 0.3 is 6.61 Å². The van der Waals surface area contributed by atoms with Gasteiger partial charge in [-0.2, -0.15) is 13.9 Å². The molecule has 3 rings (SSSR count). The number of alkyl halides is 2. The summed E-state index contributed by atoms with van der Waals surface area (Å²) in [4.78, 5) is 24.7. The first kappa shape index (κ1) is 19.5. The van der Waals surface area contributed by atoms with Crippen molar-refractivity contribution in [1.29, 1.82) is 0 Å². The molecule has 1 aliphatic heterocycles. The minimum absolute atomic E-state index is 0.0472. The molecule has 1 unspecified atom stereocenters. The molecule has 0 saturated heterocycles. The van der Waals surface area contributed by atoms with Crippen LogP contribution in [-0.4, -0.2) is 24.1 Å². The maximum absolute atomic E-state index is 12.6. The molecule has 0 bridgehead atoms. The van der Waals surface area contributed by atoms with Gasteiger partial charge in [-0.05, 0) is 36.8 Å². The number of benzene rings is 2. The van der Waals surface area contributed by atoms with Crippen LogP contribution in [0.15, 0.2) is 59.7 Å². The first-order valence-electron chi connectivity index (χ1n) is 8.75. The van der Waals surface area contributed by atoms with Gasteiger partial charge in [-0.25, -0.2) is 5.01 Å². The number of amides is 2. The Morgan fingerprint density at radius 1 is 1.11 bits per heavy atom. The molecule has 0 aliphatic carbocycles. The maximum Gasteiger partial charge on any atom is 0.387 e. The van der Waals surface area contributed by atoms with Crippen LogP contribution in [0.5, 0.6) is 5.75 Å². The van der Waals surface area contributed by atoms with Crippen molar-refractivity contribution >= 4 is 23.2 Å². The number of ether oxygens (including phenoxy) is 1. The van der Waals surface area contributed by atoms with E-state index in [1.807, 2.05) is 6.07 Å². The number of nitrogens with one attached hydrogen (secondary N) is 1. The molecule has 0 saturated carbocycles. The van der Waals surface area contributed by atoms with E-state index in [4.69, 9.17) is 0 Å². The number of carbonyl (C=O) groups is 2. The van der Waals surface area contributed by atoms with Crippen molar-refractivity contribution in [3.05, 3.63) is 60.2 Å². The van der Waals surface area contributed by atoms with Crippen LogP contribution in [0.4, 0.5) is 14.5 Å². The standard InChI is InChI=1S/C20H19F2N3O3/c1-13(14-7-9-16(10-8-14)28-20(21)22)23-19(27)17-11-12-18(26)25(24-17)15-5-3-2-4-6-15/h2-10,13,20H,11-12H2,1H3,(H,23,27). The third-order valence-corrected chi connectivity index (χ3v) is 4.25. The molecule has 1 N–H and O–H groups in total. The summed E-state index contributed by atoms with van der Waals surface area (Å²) in [5.41, 5.74) is 1.58. The Balaban J connectivity index is 1.68. The molecule has 0 fully saturated rings. The zero-order valence-corrected chi connectivity index (χ0v) is 15.1. The highest BCUT2D eigenvalue weighted by atomic mass is 19.3. The third-order valence-electron chi connectivity index (χ3n) is 4.25. The molecule has 0 radical (unpaired) electrons. The number of hydrogen-bond acceptors (Lipinski definition) is 4. The Morgan fingerprint density at radius 2 is 1.79 bits per heavy atom. The Morgan fingerprint density at radius 3 is 2.43 bits per heavy atom. The van der Waals surface area contributed by atoms with Crippen LogP contribution in [-0.2, 0) is 9.59 Å². The van der Waals surface area contributed by atoms with E-state index in [1.54, 1.807) is 43.3 Å². The second-order valence-corrected chi connectivity index (χ2v) is 6.23. The Bertz CT molecular complexity index is 870. The lowest BCUT2D eigenvalue weighted by molar-refractivity contribution is -0.119. The number of carbonyl (C=O) groups excluding carboxylic acids is 2. The van der Waals surface area contributed by atoms with Crippen LogP contribution >= 0.6 is 0 Å². The van der Waals surface area contributed by atoms with E-state index >= 15 is 0 Å². The van der Waals surface area contributed by atoms with E-state index in [0.717, 1.165) is 5.56 Å². The lowest BCUT2D eigenvalue weighted by Gasteiger charge is -2.24. The molecular weight excluding hydrogens is 368 g/mol. The fraction of sp³-hybridized carbons (Fsp3) is 0.250. The molecule has 2 aromatic rings. The summed E-state index contributed by atoms with van der Waals surface area (Å²) in [5, 5.41) is 8.26. The second-order valence-electron chi connectivity index (χ2n) is 6.23. The molecule has 6 nitrogen and oxygen atoms in total. The summed E-state index contributed by atoms with van der Waals surface area (Å²) in [6.45, 7) is -1.12. The SMILES string of the molecule is CC(NC(=O)C1=NN(c2ccccc2)C(=O)CC1)c1ccc(OC(F)F)cc1. The van der Waals surface area contributed by atoms with Gasteiger partial charge in [0, 0.05) is 12.8 Å². The Labute approximate surface area is 160 Å². The van der Waals surface area contributed by atoms with E-state index in [0.29, 0.717) is 5.69 Å². The van der Waals surface area contributed by atoms with Crippen molar-refractivity contribution < 1.29 is 23.1 Å². The van der Waals surface area contributed by atoms with Crippen molar-refractivity contribution in [2.24, 2.45) is 5.10 Å². The van der Waals surface area contributed by atoms with Gasteiger partial charge in [0.25, 0.3) is 5.91 Å². The van der Waals surface area contributed by atoms with Gasteiger partial charge in [-0.15, -0.1) is 0 Å². The lowest BCUT2D eigenvalue weighted by Crippen LogP contribution is -2.39. The number of anilines is 1. The van der Waals surface area contributed by atoms with Crippen LogP contribution in [0.2, 0.25) is 0 Å². The van der Waals surface area contributed by atoms with Gasteiger partial charge in [0.15, 0.2) is 0 Å². The highest BCUT2D eigenvalue weighted by molar-refractivity contribution is 6.40. The topological polar surface area (TPSA) is 71.0 Å². The summed E-state index contributed by atoms with van der Waals surface area (Å²) in [6, 6.07) is 14.5. The number of hydrazone groups is 1. The van der Waals surface area contributed by atoms with Crippen molar-refractivity contribution in [3.8, 4) is 5.75 Å². The van der Waals surface area contributed by atoms with Gasteiger partial charge in [0.05, 0.1) is 11.7 Å². The molecule has 0 aromatic heterocycles. The van der Waals surface area contributed by atoms with Crippen LogP contribution in [0.1, 0.15) is 31.4 Å². The molecule has 2 amide bonds. The molecular formula is C20H19F2N3O3. The summed E-state index contributed by atoms with van der Waals surface area (Å²) in [7, 11) is 0. The summed E-state index contributed by atoms with van der Waals surface area (Å²) in [5.74, 6) is -0.509. The van der Waals surface area contributed by atoms with Crippen LogP contribution in [0.25, 0.3) is 0 Å². The van der Waals surface area contributed by atoms with E-state index in [-0.39, 0.29) is 42.2 Å². The molecule has 2 aromatic carbocycles. The highest BCUT2D eigenvalue weighted by Gasteiger charge is 2.26. The fourth-order valence-electron chi connectivity index (χ4n) is 2.79. The minimum Gasteiger partial charge on any atom is -0.435 e. The van der Waals surface area contributed by atoms with Crippen molar-refractivity contribution in [1.82, 2.24) is 5.32 Å². The minimum atomic E-state index is -2.89. The highest BCUT2D eigenvalue weighted by Crippen LogP contribution is 2.21. The summed E-state index contributed by atoms with van der Waals surface area (Å²) >= 11 is 0. The monoisotopic (exact) mass is 387 g/mol. The largest absolute Gasteiger partial charge is 0.435 e. The number of rotatable bonds is 6. The second kappa shape index (κ2) is 8.60. The summed E-state index contributed by atoms with van der Waals surface area (Å²) < 4.78 is 28.7. The Hall–Kier alpha value is -3.29. The zero-order chi connectivity index (χ0) is 20.1. The molecule has 28 heavy (non-hydrogen) atoms. The smallest absolute Gasteiger partial charge is 0.387 e. The zero-order valence-electron chi connectivity index (χ0n) is 15.1. The van der Waals surface area contributed by atoms with Gasteiger partial charge in [0.1, 0.15) is 11.5 Å². The fourth-order valence-corrected chi connectivity index (χ4v) is 2.79. The number of nitrogens with zero attached hydrogens (tertiary/aromatic N) is 2. The molecule has 1 aliphatic rings. The van der Waals surface area contributed by atoms with Gasteiger partial charge in [-0.1, -0.05) is 30.3 Å². The molecule has 146 valence electrons. The van der Waals surface area contributed by atoms with E-state index in [9.17, 15) is 18.4 Å². The van der Waals surface area contributed by atoms with Gasteiger partial charge in [0.2, 0.25) is 5.91 Å². The van der Waals surface area contributed by atoms with Crippen molar-refractivity contribution in [3.63, 3.8) is 0 Å². The molecule has 1 atom stereocenters. The van der Waals surface area contributed by atoms with E-state index < -0.39 is 6.61 Å². The lowest BCUT2D eigenvalue weighted by atomic mass is 10.1. The predicted octanol–water partition coefficient (Wildman–Crippen LogP) is 3.65. The first-order chi connectivity index (χ1) is 13.4. The van der Waals surface area contributed by atoms with Crippen LogP contribution < -0.4 is 15.1 Å². The van der Waals surface area contributed by atoms with E-state index in [1.165, 1.54) is 17.1 Å². The molecule has 8 heteroatoms. The quantitative estimate of drug-likeness (QED) is 0.823. The number of para-hydroxylation sites is 1. The van der Waals surface area contributed by atoms with Crippen molar-refractivity contribution in [2.45, 2.75) is 32.4 Å². The Kier molecular flexibility index (Phi) is 5.98. The summed E-state index contributed by atoms with van der Waals surface area (Å²) in [6.07, 6.45) is 0.442. The normalized spacial score (nSPS) is 15.2.